The summed E-state index contributed by atoms with van der Waals surface area (Å²) in [6.45, 7) is 0. The van der Waals surface area contributed by atoms with Crippen molar-refractivity contribution in [2.24, 2.45) is 0 Å². The molecule has 0 N–H and O–H groups in total. The van der Waals surface area contributed by atoms with E-state index in [1.54, 1.807) is 0 Å². The first-order valence-electron chi connectivity index (χ1n) is 0. The van der Waals surface area contributed by atoms with E-state index in [9.17, 15) is 0 Å². The van der Waals surface area contributed by atoms with E-state index in [0.717, 1.165) is 0 Å². The topological polar surface area (TPSA) is 0 Å². The van der Waals surface area contributed by atoms with E-state index in [4.69, 9.17) is 0 Å². The summed E-state index contributed by atoms with van der Waals surface area (Å²) < 4.78 is 0. The predicted molar refractivity (Wildman–Crippen MR) is 29.8 cm³/mol. The molecule has 0 saturated carbocycles. The van der Waals surface area contributed by atoms with Crippen molar-refractivity contribution in [3.8, 4) is 0 Å². The first-order chi connectivity index (χ1) is 0. The summed E-state index contributed by atoms with van der Waals surface area (Å²) in [5.74, 6) is 0. The fraction of sp³-hybridized carbons (Fsp3) is 0. The molecule has 0 unspecified atom stereocenters. The van der Waals surface area contributed by atoms with E-state index in [2.05, 4.69) is 0 Å². The zero-order valence-corrected chi connectivity index (χ0v) is 12.7. The standard InChI is InChI=1S/Ag.Bi.GeH4.Sn.5H/h;;1H4;;;;;;. The Labute approximate surface area is 88.4 Å². The third-order valence-corrected chi connectivity index (χ3v) is 0. The van der Waals surface area contributed by atoms with Gasteiger partial charge in [-0.25, -0.2) is 0 Å². The van der Waals surface area contributed by atoms with Crippen LogP contribution in [-0.2, 0) is 22.4 Å². The maximum atomic E-state index is 0. The molecule has 0 aliphatic rings. The normalized spacial score (nSPS) is 0. The Morgan fingerprint density at radius 2 is 1.00 bits per heavy atom. The Kier molecular flexibility index (Phi) is 118. The fourth-order valence-electron chi connectivity index (χ4n) is 0. The molecule has 0 bridgehead atoms. The zero-order valence-electron chi connectivity index (χ0n) is 1.72. The summed E-state index contributed by atoms with van der Waals surface area (Å²) in [6, 6.07) is 0. The molecule has 0 aromatic rings. The molecule has 4 heavy (non-hydrogen) atoms. The van der Waals surface area contributed by atoms with E-state index in [1.807, 2.05) is 0 Å². The van der Waals surface area contributed by atoms with Gasteiger partial charge in [-0.15, -0.1) is 0 Å². The first kappa shape index (κ1) is 28.2. The summed E-state index contributed by atoms with van der Waals surface area (Å²) in [6.07, 6.45) is 0. The van der Waals surface area contributed by atoms with E-state index < -0.39 is 0 Å². The number of hydrogen-bond donors (Lipinski definition) is 0. The van der Waals surface area contributed by atoms with E-state index in [-0.39, 0.29) is 90.1 Å². The molecule has 0 aromatic heterocycles. The third kappa shape index (κ3) is 8.88. The van der Waals surface area contributed by atoms with Gasteiger partial charge in [0.2, 0.25) is 0 Å². The van der Waals surface area contributed by atoms with Gasteiger partial charge in [-0.1, -0.05) is 0 Å². The molecule has 3 radical (unpaired) electrons. The van der Waals surface area contributed by atoms with Gasteiger partial charge in [-0.05, 0) is 0 Å². The molecule has 0 spiro atoms. The molecule has 0 amide bonds. The Bertz CT molecular complexity index is 8.00. The van der Waals surface area contributed by atoms with Crippen LogP contribution in [0.1, 0.15) is 0 Å². The van der Waals surface area contributed by atoms with Crippen LogP contribution in [0, 0.1) is 0 Å². The second kappa shape index (κ2) is 16.7. The molecule has 0 nitrogen and oxygen atoms in total. The van der Waals surface area contributed by atoms with Crippen LogP contribution in [0.5, 0.6) is 0 Å². The zero-order chi connectivity index (χ0) is 0. The van der Waals surface area contributed by atoms with Crippen molar-refractivity contribution < 1.29 is 22.4 Å². The van der Waals surface area contributed by atoms with E-state index in [1.165, 1.54) is 0 Å². The van der Waals surface area contributed by atoms with Crippen molar-refractivity contribution in [1.82, 2.24) is 0 Å². The average molecular weight is 517 g/mol. The summed E-state index contributed by atoms with van der Waals surface area (Å²) in [7, 11) is 0. The van der Waals surface area contributed by atoms with Gasteiger partial charge in [0.25, 0.3) is 0 Å². The number of hydrogen-bond acceptors (Lipinski definition) is 0. The summed E-state index contributed by atoms with van der Waals surface area (Å²) >= 11 is 0. The van der Waals surface area contributed by atoms with Crippen LogP contribution in [-0.4, -0.2) is 67.7 Å². The van der Waals surface area contributed by atoms with Gasteiger partial charge in [0.1, 0.15) is 0 Å². The Morgan fingerprint density at radius 1 is 1.00 bits per heavy atom. The molecule has 0 aromatic carbocycles. The van der Waals surface area contributed by atoms with Crippen molar-refractivity contribution in [1.29, 1.82) is 0 Å². The predicted octanol–water partition coefficient (Wildman–Crippen LogP) is -3.55. The van der Waals surface area contributed by atoms with Crippen LogP contribution in [0.15, 0.2) is 0 Å². The van der Waals surface area contributed by atoms with Gasteiger partial charge in [-0.2, -0.15) is 0 Å². The molecule has 0 fully saturated rings. The molecular weight excluding hydrogens is 508 g/mol. The van der Waals surface area contributed by atoms with Crippen molar-refractivity contribution in [2.45, 2.75) is 0 Å². The van der Waals surface area contributed by atoms with Crippen LogP contribution in [0.3, 0.4) is 0 Å². The van der Waals surface area contributed by atoms with Crippen molar-refractivity contribution in [3.05, 3.63) is 0 Å². The quantitative estimate of drug-likeness (QED) is 0.292. The van der Waals surface area contributed by atoms with Crippen molar-refractivity contribution in [2.75, 3.05) is 0 Å². The van der Waals surface area contributed by atoms with Gasteiger partial charge in [0, 0.05) is 22.4 Å². The van der Waals surface area contributed by atoms with Crippen LogP contribution >= 0.6 is 0 Å². The van der Waals surface area contributed by atoms with Gasteiger partial charge in [0.05, 0.1) is 0 Å². The second-order valence-electron chi connectivity index (χ2n) is 0. The molecular formula is H9AgBiGeSn. The van der Waals surface area contributed by atoms with Crippen molar-refractivity contribution >= 4 is 67.7 Å². The third-order valence-electron chi connectivity index (χ3n) is 0. The van der Waals surface area contributed by atoms with Gasteiger partial charge >= 0.3 is 67.7 Å². The first-order valence-corrected chi connectivity index (χ1v) is 0. The summed E-state index contributed by atoms with van der Waals surface area (Å²) in [5.41, 5.74) is 0. The molecule has 0 atom stereocenters. The number of rotatable bonds is 0. The minimum atomic E-state index is 0. The van der Waals surface area contributed by atoms with Crippen LogP contribution < -0.4 is 0 Å². The SMILES string of the molecule is [Ag].[BiH3].[GeH4].[SnH2]. The van der Waals surface area contributed by atoms with Crippen LogP contribution in [0.2, 0.25) is 0 Å². The summed E-state index contributed by atoms with van der Waals surface area (Å²) in [4.78, 5) is 0. The van der Waals surface area contributed by atoms with Crippen molar-refractivity contribution in [3.63, 3.8) is 0 Å². The molecule has 33 valence electrons. The Morgan fingerprint density at radius 3 is 1.00 bits per heavy atom. The average Bonchev–Trinajstić information content (AvgIpc) is 0. The molecule has 0 aliphatic heterocycles. The van der Waals surface area contributed by atoms with Gasteiger partial charge in [-0.3, -0.25) is 0 Å². The van der Waals surface area contributed by atoms with Gasteiger partial charge in [0.15, 0.2) is 0 Å². The maximum absolute atomic E-state index is 0. The Hall–Kier alpha value is 2.96. The molecule has 0 heterocycles. The molecule has 0 rings (SSSR count). The summed E-state index contributed by atoms with van der Waals surface area (Å²) in [5, 5.41) is 0. The minimum absolute atomic E-state index is 0. The van der Waals surface area contributed by atoms with Gasteiger partial charge < -0.3 is 0 Å². The second-order valence-corrected chi connectivity index (χ2v) is 0. The fourth-order valence-corrected chi connectivity index (χ4v) is 0. The Balaban J connectivity index is 0. The molecule has 0 saturated heterocycles. The van der Waals surface area contributed by atoms with E-state index in [0.29, 0.717) is 0 Å². The van der Waals surface area contributed by atoms with Crippen LogP contribution in [0.25, 0.3) is 0 Å². The molecule has 4 heteroatoms. The van der Waals surface area contributed by atoms with E-state index >= 15 is 0 Å². The monoisotopic (exact) mass is 519 g/mol. The van der Waals surface area contributed by atoms with Crippen LogP contribution in [0.4, 0.5) is 0 Å². The molecule has 0 aliphatic carbocycles.